The average Bonchev–Trinajstić information content (AvgIpc) is 3.24. The number of nitrogens with one attached hydrogen (secondary N) is 1. The predicted octanol–water partition coefficient (Wildman–Crippen LogP) is 3.75. The molecule has 0 spiro atoms. The van der Waals surface area contributed by atoms with E-state index in [-0.39, 0.29) is 5.13 Å². The summed E-state index contributed by atoms with van der Waals surface area (Å²) in [6.45, 7) is 1.50. The number of alkyl halides is 3. The van der Waals surface area contributed by atoms with Gasteiger partial charge in [0.1, 0.15) is 10.0 Å². The minimum atomic E-state index is -5.06. The molecule has 1 amide bonds. The van der Waals surface area contributed by atoms with Gasteiger partial charge in [-0.05, 0) is 6.92 Å². The van der Waals surface area contributed by atoms with Crippen molar-refractivity contribution >= 4 is 33.7 Å². The molecule has 0 aliphatic carbocycles. The van der Waals surface area contributed by atoms with Crippen molar-refractivity contribution in [3.05, 3.63) is 46.4 Å². The van der Waals surface area contributed by atoms with Gasteiger partial charge in [-0.2, -0.15) is 13.2 Å². The van der Waals surface area contributed by atoms with Gasteiger partial charge in [0.15, 0.2) is 0 Å². The molecular weight excluding hydrogens is 401 g/mol. The quantitative estimate of drug-likeness (QED) is 0.664. The Labute approximate surface area is 159 Å². The Balaban J connectivity index is 1.77. The molecule has 1 atom stereocenters. The molecule has 0 bridgehead atoms. The normalized spacial score (nSPS) is 14.0. The lowest BCUT2D eigenvalue weighted by molar-refractivity contribution is -0.266. The van der Waals surface area contributed by atoms with Gasteiger partial charge in [-0.1, -0.05) is 41.7 Å². The van der Waals surface area contributed by atoms with Crippen LogP contribution in [0.1, 0.15) is 17.1 Å². The smallest absolute Gasteiger partial charge is 0.374 e. The number of aryl methyl sites for hydroxylation is 1. The van der Waals surface area contributed by atoms with Gasteiger partial charge in [0, 0.05) is 16.6 Å². The Bertz CT molecular complexity index is 943. The number of hydrogen-bond acceptors (Lipinski definition) is 7. The monoisotopic (exact) mass is 414 g/mol. The molecule has 3 rings (SSSR count). The lowest BCUT2D eigenvalue weighted by Gasteiger charge is -2.27. The fourth-order valence-corrected chi connectivity index (χ4v) is 3.89. The van der Waals surface area contributed by atoms with Crippen LogP contribution in [0.15, 0.2) is 35.7 Å². The summed E-state index contributed by atoms with van der Waals surface area (Å²) in [6.07, 6.45) is -6.30. The number of benzene rings is 1. The molecule has 0 saturated carbocycles. The summed E-state index contributed by atoms with van der Waals surface area (Å²) in [5, 5.41) is 21.5. The van der Waals surface area contributed by atoms with Gasteiger partial charge in [-0.15, -0.1) is 21.5 Å². The first-order valence-electron chi connectivity index (χ1n) is 7.59. The fraction of sp³-hybridized carbons (Fsp3) is 0.250. The maximum absolute atomic E-state index is 13.4. The van der Waals surface area contributed by atoms with Crippen LogP contribution in [-0.4, -0.2) is 32.4 Å². The van der Waals surface area contributed by atoms with Crippen LogP contribution in [0, 0.1) is 6.92 Å². The number of hydrogen-bond donors (Lipinski definition) is 2. The minimum absolute atomic E-state index is 0.0405. The largest absolute Gasteiger partial charge is 0.424 e. The third kappa shape index (κ3) is 4.15. The molecule has 2 aromatic heterocycles. The van der Waals surface area contributed by atoms with Crippen LogP contribution in [-0.2, 0) is 10.4 Å². The standard InChI is InChI=1S/C16H13F3N4O2S2/c1-9-8-26-13(20-9)15(25,16(17,18)19)7-11(24)21-14-23-22-12(27-14)10-5-3-2-4-6-10/h2-6,8,25H,7H2,1H3,(H,21,23,24). The lowest BCUT2D eigenvalue weighted by Crippen LogP contribution is -2.45. The summed E-state index contributed by atoms with van der Waals surface area (Å²) in [6, 6.07) is 9.01. The van der Waals surface area contributed by atoms with E-state index in [4.69, 9.17) is 0 Å². The highest BCUT2D eigenvalue weighted by Gasteiger charge is 2.58. The van der Waals surface area contributed by atoms with Gasteiger partial charge in [0.05, 0.1) is 6.42 Å². The number of halogens is 3. The molecule has 1 aromatic carbocycles. The van der Waals surface area contributed by atoms with Crippen molar-refractivity contribution in [3.63, 3.8) is 0 Å². The first-order chi connectivity index (χ1) is 12.7. The van der Waals surface area contributed by atoms with E-state index >= 15 is 0 Å². The van der Waals surface area contributed by atoms with Gasteiger partial charge >= 0.3 is 6.18 Å². The van der Waals surface area contributed by atoms with E-state index < -0.39 is 29.1 Å². The second-order valence-corrected chi connectivity index (χ2v) is 7.49. The van der Waals surface area contributed by atoms with Crippen molar-refractivity contribution in [1.82, 2.24) is 15.2 Å². The molecule has 0 saturated heterocycles. The van der Waals surface area contributed by atoms with E-state index in [1.165, 1.54) is 12.3 Å². The number of thiazole rings is 1. The maximum atomic E-state index is 13.4. The number of rotatable bonds is 5. The number of anilines is 1. The van der Waals surface area contributed by atoms with E-state index in [2.05, 4.69) is 20.5 Å². The first kappa shape index (κ1) is 19.4. The van der Waals surface area contributed by atoms with Crippen molar-refractivity contribution in [3.8, 4) is 10.6 Å². The highest BCUT2D eigenvalue weighted by Crippen LogP contribution is 2.43. The minimum Gasteiger partial charge on any atom is -0.374 e. The fourth-order valence-electron chi connectivity index (χ4n) is 2.21. The van der Waals surface area contributed by atoms with Crippen LogP contribution in [0.2, 0.25) is 0 Å². The zero-order valence-electron chi connectivity index (χ0n) is 13.8. The molecular formula is C16H13F3N4O2S2. The molecule has 27 heavy (non-hydrogen) atoms. The Hall–Kier alpha value is -2.37. The Kier molecular flexibility index (Phi) is 5.27. The van der Waals surface area contributed by atoms with Crippen LogP contribution in [0.3, 0.4) is 0 Å². The van der Waals surface area contributed by atoms with Crippen molar-refractivity contribution < 1.29 is 23.1 Å². The number of carbonyl (C=O) groups excluding carboxylic acids is 1. The number of aromatic nitrogens is 3. The Morgan fingerprint density at radius 1 is 1.22 bits per heavy atom. The van der Waals surface area contributed by atoms with Crippen molar-refractivity contribution in [2.24, 2.45) is 0 Å². The molecule has 11 heteroatoms. The number of carbonyl (C=O) groups is 1. The molecule has 0 aliphatic rings. The second kappa shape index (κ2) is 7.33. The van der Waals surface area contributed by atoms with E-state index in [1.807, 2.05) is 6.07 Å². The molecule has 0 fully saturated rings. The summed E-state index contributed by atoms with van der Waals surface area (Å²) >= 11 is 1.66. The van der Waals surface area contributed by atoms with Crippen LogP contribution in [0.25, 0.3) is 10.6 Å². The van der Waals surface area contributed by atoms with Gasteiger partial charge in [0.25, 0.3) is 0 Å². The summed E-state index contributed by atoms with van der Waals surface area (Å²) in [5.74, 6) is -1.04. The SMILES string of the molecule is Cc1csc(C(O)(CC(=O)Nc2nnc(-c3ccccc3)s2)C(F)(F)F)n1. The van der Waals surface area contributed by atoms with Gasteiger partial charge in [-0.25, -0.2) is 4.98 Å². The van der Waals surface area contributed by atoms with E-state index in [9.17, 15) is 23.1 Å². The van der Waals surface area contributed by atoms with Crippen molar-refractivity contribution in [2.75, 3.05) is 5.32 Å². The van der Waals surface area contributed by atoms with Gasteiger partial charge in [-0.3, -0.25) is 4.79 Å². The van der Waals surface area contributed by atoms with Crippen LogP contribution in [0.5, 0.6) is 0 Å². The molecule has 0 aliphatic heterocycles. The average molecular weight is 414 g/mol. The molecule has 142 valence electrons. The molecule has 3 aromatic rings. The molecule has 1 unspecified atom stereocenters. The molecule has 2 N–H and O–H groups in total. The van der Waals surface area contributed by atoms with Crippen LogP contribution < -0.4 is 5.32 Å². The Morgan fingerprint density at radius 3 is 2.52 bits per heavy atom. The van der Waals surface area contributed by atoms with Gasteiger partial charge < -0.3 is 10.4 Å². The number of amides is 1. The molecule has 6 nitrogen and oxygen atoms in total. The topological polar surface area (TPSA) is 88.0 Å². The number of nitrogens with zero attached hydrogens (tertiary/aromatic N) is 3. The third-order valence-corrected chi connectivity index (χ3v) is 5.55. The maximum Gasteiger partial charge on any atom is 0.424 e. The summed E-state index contributed by atoms with van der Waals surface area (Å²) < 4.78 is 40.3. The predicted molar refractivity (Wildman–Crippen MR) is 95.4 cm³/mol. The number of aliphatic hydroxyl groups is 1. The molecule has 2 heterocycles. The lowest BCUT2D eigenvalue weighted by atomic mass is 9.99. The summed E-state index contributed by atoms with van der Waals surface area (Å²) in [4.78, 5) is 15.8. The van der Waals surface area contributed by atoms with Crippen molar-refractivity contribution in [1.29, 1.82) is 0 Å². The highest BCUT2D eigenvalue weighted by molar-refractivity contribution is 7.18. The summed E-state index contributed by atoms with van der Waals surface area (Å²) in [7, 11) is 0. The van der Waals surface area contributed by atoms with Crippen molar-refractivity contribution in [2.45, 2.75) is 25.1 Å². The Morgan fingerprint density at radius 2 is 1.93 bits per heavy atom. The molecule has 0 radical (unpaired) electrons. The third-order valence-electron chi connectivity index (χ3n) is 3.55. The van der Waals surface area contributed by atoms with E-state index in [1.54, 1.807) is 24.3 Å². The second-order valence-electron chi connectivity index (χ2n) is 5.66. The van der Waals surface area contributed by atoms with Crippen LogP contribution >= 0.6 is 22.7 Å². The summed E-state index contributed by atoms with van der Waals surface area (Å²) in [5.41, 5.74) is -2.28. The zero-order valence-corrected chi connectivity index (χ0v) is 15.5. The first-order valence-corrected chi connectivity index (χ1v) is 9.29. The highest BCUT2D eigenvalue weighted by atomic mass is 32.1. The van der Waals surface area contributed by atoms with Crippen LogP contribution in [0.4, 0.5) is 18.3 Å². The zero-order chi connectivity index (χ0) is 19.7. The van der Waals surface area contributed by atoms with E-state index in [0.717, 1.165) is 16.9 Å². The van der Waals surface area contributed by atoms with E-state index in [0.29, 0.717) is 22.0 Å². The van der Waals surface area contributed by atoms with Gasteiger partial charge in [0.2, 0.25) is 16.6 Å².